The first-order valence-electron chi connectivity index (χ1n) is 10.7. The Kier molecular flexibility index (Phi) is 8.90. The third-order valence-corrected chi connectivity index (χ3v) is 5.92. The molecule has 2 amide bonds. The zero-order chi connectivity index (χ0) is 30.9. The van der Waals surface area contributed by atoms with Gasteiger partial charge in [-0.05, 0) is 52.3 Å². The number of benzene rings is 3. The Bertz CT molecular complexity index is 1460. The van der Waals surface area contributed by atoms with Crippen molar-refractivity contribution in [3.63, 3.8) is 0 Å². The minimum Gasteiger partial charge on any atom is -0.433 e. The second-order valence-corrected chi connectivity index (χ2v) is 8.77. The lowest BCUT2D eigenvalue weighted by molar-refractivity contribution is -0.348. The molecule has 0 saturated carbocycles. The van der Waals surface area contributed by atoms with Crippen molar-refractivity contribution in [1.29, 1.82) is 0 Å². The van der Waals surface area contributed by atoms with Gasteiger partial charge in [0.05, 0.1) is 22.5 Å². The average molecular weight is 665 g/mol. The van der Waals surface area contributed by atoms with Crippen molar-refractivity contribution < 1.29 is 62.6 Å². The fourth-order valence-corrected chi connectivity index (χ4v) is 3.94. The van der Waals surface area contributed by atoms with Crippen LogP contribution in [0.25, 0.3) is 0 Å². The van der Waals surface area contributed by atoms with Gasteiger partial charge in [-0.15, -0.1) is 0 Å². The first-order valence-corrected chi connectivity index (χ1v) is 11.4. The average Bonchev–Trinajstić information content (AvgIpc) is 2.85. The van der Waals surface area contributed by atoms with Crippen LogP contribution in [0.2, 0.25) is 0 Å². The highest BCUT2D eigenvalue weighted by Gasteiger charge is 2.73. The second-order valence-electron chi connectivity index (χ2n) is 7.92. The van der Waals surface area contributed by atoms with E-state index >= 15 is 4.39 Å². The Hall–Kier alpha value is -3.89. The van der Waals surface area contributed by atoms with Crippen molar-refractivity contribution in [2.45, 2.75) is 24.6 Å². The molecule has 0 spiro atoms. The van der Waals surface area contributed by atoms with Crippen LogP contribution in [0.15, 0.2) is 59.1 Å². The molecule has 220 valence electrons. The maximum absolute atomic E-state index is 15.1. The van der Waals surface area contributed by atoms with Crippen LogP contribution in [0.5, 0.6) is 5.75 Å². The van der Waals surface area contributed by atoms with E-state index in [0.29, 0.717) is 0 Å². The zero-order valence-corrected chi connectivity index (χ0v) is 21.1. The normalized spacial score (nSPS) is 12.3. The van der Waals surface area contributed by atoms with Crippen molar-refractivity contribution in [2.75, 3.05) is 10.6 Å². The molecule has 3 rings (SSSR count). The van der Waals surface area contributed by atoms with Gasteiger partial charge in [0.2, 0.25) is 0 Å². The lowest BCUT2D eigenvalue weighted by Crippen LogP contribution is -2.50. The molecule has 5 nitrogen and oxygen atoms in total. The number of amides is 2. The summed E-state index contributed by atoms with van der Waals surface area (Å²) in [5.41, 5.74) is -11.4. The molecule has 41 heavy (non-hydrogen) atoms. The predicted octanol–water partition coefficient (Wildman–Crippen LogP) is 8.12. The van der Waals surface area contributed by atoms with Crippen LogP contribution in [0, 0.1) is 11.6 Å². The molecule has 3 aromatic rings. The first-order chi connectivity index (χ1) is 18.9. The molecule has 0 saturated heterocycles. The Morgan fingerprint density at radius 2 is 1.34 bits per heavy atom. The lowest BCUT2D eigenvalue weighted by Gasteiger charge is -2.31. The van der Waals surface area contributed by atoms with E-state index in [-0.39, 0.29) is 12.1 Å². The summed E-state index contributed by atoms with van der Waals surface area (Å²) in [5, 5.41) is 3.78. The summed E-state index contributed by atoms with van der Waals surface area (Å²) in [6.07, 6.45) is -13.2. The summed E-state index contributed by atoms with van der Waals surface area (Å²) < 4.78 is 151. The van der Waals surface area contributed by atoms with Crippen LogP contribution in [-0.2, 0) is 5.67 Å². The molecule has 0 unspecified atom stereocenters. The number of carbonyl (C=O) groups is 2. The monoisotopic (exact) mass is 664 g/mol. The van der Waals surface area contributed by atoms with Gasteiger partial charge in [0.25, 0.3) is 11.8 Å². The van der Waals surface area contributed by atoms with E-state index in [1.807, 2.05) is 5.32 Å². The number of alkyl halides is 9. The number of ether oxygens (including phenoxy) is 1. The maximum Gasteiger partial charge on any atom is 0.435 e. The molecule has 0 heterocycles. The topological polar surface area (TPSA) is 67.4 Å². The number of hydrogen-bond acceptors (Lipinski definition) is 3. The quantitative estimate of drug-likeness (QED) is 0.251. The van der Waals surface area contributed by atoms with E-state index in [1.165, 1.54) is 12.1 Å². The van der Waals surface area contributed by atoms with Crippen molar-refractivity contribution in [2.24, 2.45) is 0 Å². The number of hydrogen-bond donors (Lipinski definition) is 2. The predicted molar refractivity (Wildman–Crippen MR) is 124 cm³/mol. The van der Waals surface area contributed by atoms with Crippen LogP contribution in [0.3, 0.4) is 0 Å². The zero-order valence-electron chi connectivity index (χ0n) is 19.5. The summed E-state index contributed by atoms with van der Waals surface area (Å²) in [4.78, 5) is 25.1. The summed E-state index contributed by atoms with van der Waals surface area (Å²) in [6.45, 7) is -3.88. The van der Waals surface area contributed by atoms with Crippen LogP contribution < -0.4 is 15.4 Å². The molecule has 2 N–H and O–H groups in total. The van der Waals surface area contributed by atoms with Crippen molar-refractivity contribution in [1.82, 2.24) is 0 Å². The standard InChI is InChI=1S/C24H12BrF11N2O3/c25-13-8-10(22(30,23(31,32)33)24(34,35)36)9-16(41-21(28)29)18(13)38-20(40)12-5-3-7-15(17(12)27)37-19(39)11-4-1-2-6-14(11)26/h1-9,21H,(H,37,39)(H,38,40). The third-order valence-electron chi connectivity index (χ3n) is 5.30. The van der Waals surface area contributed by atoms with Gasteiger partial charge >= 0.3 is 24.6 Å². The Balaban J connectivity index is 2.02. The smallest absolute Gasteiger partial charge is 0.433 e. The van der Waals surface area contributed by atoms with Crippen molar-refractivity contribution in [3.8, 4) is 5.75 Å². The highest BCUT2D eigenvalue weighted by Crippen LogP contribution is 2.55. The number of carbonyl (C=O) groups excluding carboxylic acids is 2. The molecule has 0 aromatic heterocycles. The maximum atomic E-state index is 15.1. The van der Waals surface area contributed by atoms with Gasteiger partial charge in [-0.3, -0.25) is 9.59 Å². The molecule has 0 bridgehead atoms. The second kappa shape index (κ2) is 11.5. The number of rotatable bonds is 7. The van der Waals surface area contributed by atoms with Crippen LogP contribution in [0.1, 0.15) is 26.3 Å². The van der Waals surface area contributed by atoms with Crippen LogP contribution >= 0.6 is 15.9 Å². The Labute approximate surface area is 230 Å². The highest BCUT2D eigenvalue weighted by atomic mass is 79.9. The summed E-state index contributed by atoms with van der Waals surface area (Å²) in [5.74, 6) is -6.61. The van der Waals surface area contributed by atoms with Crippen molar-refractivity contribution >= 4 is 39.1 Å². The molecular weight excluding hydrogens is 653 g/mol. The third kappa shape index (κ3) is 6.39. The van der Waals surface area contributed by atoms with Gasteiger partial charge in [0.15, 0.2) is 11.6 Å². The first kappa shape index (κ1) is 31.6. The molecule has 0 aliphatic rings. The number of anilines is 2. The van der Waals surface area contributed by atoms with Gasteiger partial charge < -0.3 is 15.4 Å². The van der Waals surface area contributed by atoms with Crippen LogP contribution in [-0.4, -0.2) is 30.8 Å². The largest absolute Gasteiger partial charge is 0.435 e. The lowest BCUT2D eigenvalue weighted by atomic mass is 9.93. The SMILES string of the molecule is O=C(Nc1cccc(C(=O)Nc2c(Br)cc(C(F)(C(F)(F)F)C(F)(F)F)cc2OC(F)F)c1F)c1ccccc1F. The van der Waals surface area contributed by atoms with Crippen molar-refractivity contribution in [3.05, 3.63) is 87.4 Å². The molecule has 17 heteroatoms. The molecule has 0 aliphatic carbocycles. The Morgan fingerprint density at radius 1 is 0.780 bits per heavy atom. The van der Waals surface area contributed by atoms with E-state index in [9.17, 15) is 53.5 Å². The fourth-order valence-electron chi connectivity index (χ4n) is 3.40. The van der Waals surface area contributed by atoms with Gasteiger partial charge in [-0.2, -0.15) is 35.1 Å². The van der Waals surface area contributed by atoms with E-state index in [4.69, 9.17) is 0 Å². The molecule has 0 atom stereocenters. The van der Waals surface area contributed by atoms with E-state index in [0.717, 1.165) is 30.3 Å². The highest BCUT2D eigenvalue weighted by molar-refractivity contribution is 9.10. The van der Waals surface area contributed by atoms with Gasteiger partial charge in [-0.1, -0.05) is 18.2 Å². The summed E-state index contributed by atoms with van der Waals surface area (Å²) in [6, 6.07) is 6.92. The minimum absolute atomic E-state index is 0.0870. The fraction of sp³-hybridized carbons (Fsp3) is 0.167. The van der Waals surface area contributed by atoms with E-state index in [1.54, 1.807) is 5.32 Å². The molecular formula is C24H12BrF11N2O3. The minimum atomic E-state index is -6.60. The molecule has 0 aliphatic heterocycles. The summed E-state index contributed by atoms with van der Waals surface area (Å²) >= 11 is 2.49. The van der Waals surface area contributed by atoms with Gasteiger partial charge in [-0.25, -0.2) is 13.2 Å². The molecule has 0 radical (unpaired) electrons. The van der Waals surface area contributed by atoms with Crippen LogP contribution in [0.4, 0.5) is 59.7 Å². The molecule has 0 fully saturated rings. The van der Waals surface area contributed by atoms with Gasteiger partial charge in [0, 0.05) is 10.0 Å². The van der Waals surface area contributed by atoms with Gasteiger partial charge in [0.1, 0.15) is 5.82 Å². The number of halogens is 12. The summed E-state index contributed by atoms with van der Waals surface area (Å²) in [7, 11) is 0. The van der Waals surface area contributed by atoms with E-state index in [2.05, 4.69) is 20.7 Å². The van der Waals surface area contributed by atoms with E-state index < -0.39 is 86.4 Å². The Morgan fingerprint density at radius 3 is 1.90 bits per heavy atom. The molecule has 3 aromatic carbocycles. The number of nitrogens with one attached hydrogen (secondary N) is 2.